The van der Waals surface area contributed by atoms with Crippen molar-refractivity contribution < 1.29 is 4.79 Å². The normalized spacial score (nSPS) is 20.3. The highest BCUT2D eigenvalue weighted by atomic mass is 35.5. The molecule has 1 amide bonds. The summed E-state index contributed by atoms with van der Waals surface area (Å²) in [4.78, 5) is 15.7. The molecule has 4 rings (SSSR count). The Labute approximate surface area is 149 Å². The van der Waals surface area contributed by atoms with Gasteiger partial charge in [0.15, 0.2) is 0 Å². The zero-order valence-electron chi connectivity index (χ0n) is 12.7. The van der Waals surface area contributed by atoms with Crippen molar-refractivity contribution in [3.63, 3.8) is 0 Å². The summed E-state index contributed by atoms with van der Waals surface area (Å²) >= 11 is 7.23. The van der Waals surface area contributed by atoms with Crippen LogP contribution in [0.3, 0.4) is 0 Å². The number of halogens is 1. The van der Waals surface area contributed by atoms with Crippen LogP contribution in [0.4, 0.5) is 4.79 Å². The van der Waals surface area contributed by atoms with Gasteiger partial charge in [0.1, 0.15) is 5.84 Å². The van der Waals surface area contributed by atoms with Crippen LogP contribution >= 0.6 is 23.4 Å². The second kappa shape index (κ2) is 6.42. The van der Waals surface area contributed by atoms with Gasteiger partial charge in [-0.25, -0.2) is 5.01 Å². The van der Waals surface area contributed by atoms with Crippen molar-refractivity contribution >= 4 is 40.1 Å². The van der Waals surface area contributed by atoms with Gasteiger partial charge in [-0.2, -0.15) is 10.1 Å². The molecule has 0 saturated heterocycles. The SMILES string of the molecule is O=C1N=C(N2N=C(c3ccccc3)CC2c2ccc(Cl)cc2)CS1. The first-order valence-corrected chi connectivity index (χ1v) is 8.99. The van der Waals surface area contributed by atoms with E-state index in [1.54, 1.807) is 0 Å². The Morgan fingerprint density at radius 2 is 1.83 bits per heavy atom. The number of hydrazone groups is 1. The van der Waals surface area contributed by atoms with Crippen molar-refractivity contribution in [3.05, 3.63) is 70.7 Å². The molecular formula is C18H14ClN3OS. The molecule has 0 fully saturated rings. The lowest BCUT2D eigenvalue weighted by Gasteiger charge is -2.23. The molecule has 2 aromatic carbocycles. The lowest BCUT2D eigenvalue weighted by molar-refractivity contribution is 0.267. The highest BCUT2D eigenvalue weighted by Crippen LogP contribution is 2.35. The van der Waals surface area contributed by atoms with Gasteiger partial charge in [0.05, 0.1) is 17.5 Å². The van der Waals surface area contributed by atoms with Crippen molar-refractivity contribution in [3.8, 4) is 0 Å². The summed E-state index contributed by atoms with van der Waals surface area (Å²) in [5.41, 5.74) is 3.21. The third-order valence-corrected chi connectivity index (χ3v) is 5.07. The fourth-order valence-corrected chi connectivity index (χ4v) is 3.66. The summed E-state index contributed by atoms with van der Waals surface area (Å²) in [6, 6.07) is 17.9. The maximum atomic E-state index is 11.5. The van der Waals surface area contributed by atoms with E-state index in [0.29, 0.717) is 10.8 Å². The van der Waals surface area contributed by atoms with Crippen LogP contribution in [0.15, 0.2) is 64.7 Å². The van der Waals surface area contributed by atoms with E-state index in [4.69, 9.17) is 16.7 Å². The Balaban J connectivity index is 1.71. The predicted octanol–water partition coefficient (Wildman–Crippen LogP) is 4.76. The lowest BCUT2D eigenvalue weighted by Crippen LogP contribution is -2.27. The molecule has 0 N–H and O–H groups in total. The lowest BCUT2D eigenvalue weighted by atomic mass is 9.98. The van der Waals surface area contributed by atoms with Crippen molar-refractivity contribution in [1.29, 1.82) is 0 Å². The smallest absolute Gasteiger partial charge is 0.259 e. The number of hydrogen-bond acceptors (Lipinski definition) is 4. The maximum Gasteiger partial charge on any atom is 0.307 e. The molecule has 2 aliphatic heterocycles. The van der Waals surface area contributed by atoms with Crippen LogP contribution in [0.2, 0.25) is 5.02 Å². The molecule has 2 heterocycles. The number of carbonyl (C=O) groups is 1. The molecule has 0 bridgehead atoms. The standard InChI is InChI=1S/C18H14ClN3OS/c19-14-8-6-13(7-9-14)16-10-15(12-4-2-1-3-5-12)21-22(16)17-11-24-18(23)20-17/h1-9,16H,10-11H2. The molecular weight excluding hydrogens is 342 g/mol. The minimum atomic E-state index is -0.150. The molecule has 1 atom stereocenters. The summed E-state index contributed by atoms with van der Waals surface area (Å²) in [5, 5.41) is 7.22. The summed E-state index contributed by atoms with van der Waals surface area (Å²) < 4.78 is 0. The van der Waals surface area contributed by atoms with E-state index in [9.17, 15) is 4.79 Å². The highest BCUT2D eigenvalue weighted by molar-refractivity contribution is 8.14. The Hall–Kier alpha value is -2.11. The highest BCUT2D eigenvalue weighted by Gasteiger charge is 2.34. The average molecular weight is 356 g/mol. The third-order valence-electron chi connectivity index (χ3n) is 4.08. The van der Waals surface area contributed by atoms with E-state index in [-0.39, 0.29) is 11.3 Å². The van der Waals surface area contributed by atoms with Crippen LogP contribution in [0.1, 0.15) is 23.6 Å². The second-order valence-electron chi connectivity index (χ2n) is 5.61. The fourth-order valence-electron chi connectivity index (χ4n) is 2.91. The Kier molecular flexibility index (Phi) is 4.12. The number of amides is 1. The van der Waals surface area contributed by atoms with E-state index in [1.165, 1.54) is 11.8 Å². The molecule has 4 nitrogen and oxygen atoms in total. The topological polar surface area (TPSA) is 45.0 Å². The van der Waals surface area contributed by atoms with Crippen LogP contribution in [-0.2, 0) is 0 Å². The van der Waals surface area contributed by atoms with Gasteiger partial charge in [0.25, 0.3) is 0 Å². The van der Waals surface area contributed by atoms with Crippen molar-refractivity contribution in [2.75, 3.05) is 5.75 Å². The quantitative estimate of drug-likeness (QED) is 0.780. The van der Waals surface area contributed by atoms with Gasteiger partial charge in [0, 0.05) is 11.4 Å². The number of rotatable bonds is 2. The van der Waals surface area contributed by atoms with Gasteiger partial charge < -0.3 is 0 Å². The zero-order chi connectivity index (χ0) is 16.5. The summed E-state index contributed by atoms with van der Waals surface area (Å²) in [5.74, 6) is 1.28. The fraction of sp³-hybridized carbons (Fsp3) is 0.167. The van der Waals surface area contributed by atoms with Crippen molar-refractivity contribution in [2.45, 2.75) is 12.5 Å². The predicted molar refractivity (Wildman–Crippen MR) is 98.9 cm³/mol. The van der Waals surface area contributed by atoms with Gasteiger partial charge in [-0.1, -0.05) is 65.8 Å². The monoisotopic (exact) mass is 355 g/mol. The van der Waals surface area contributed by atoms with Gasteiger partial charge in [-0.15, -0.1) is 0 Å². The van der Waals surface area contributed by atoms with E-state index < -0.39 is 0 Å². The summed E-state index contributed by atoms with van der Waals surface area (Å²) in [6.07, 6.45) is 0.767. The van der Waals surface area contributed by atoms with Crippen LogP contribution in [0.25, 0.3) is 0 Å². The minimum Gasteiger partial charge on any atom is -0.259 e. The van der Waals surface area contributed by atoms with Gasteiger partial charge in [-0.05, 0) is 23.3 Å². The first kappa shape index (κ1) is 15.4. The van der Waals surface area contributed by atoms with Crippen molar-refractivity contribution in [1.82, 2.24) is 5.01 Å². The number of carbonyl (C=O) groups excluding carboxylic acids is 1. The molecule has 0 saturated carbocycles. The number of hydrogen-bond donors (Lipinski definition) is 0. The largest absolute Gasteiger partial charge is 0.307 e. The summed E-state index contributed by atoms with van der Waals surface area (Å²) in [7, 11) is 0. The number of thioether (sulfide) groups is 1. The number of aliphatic imine (C=N–C) groups is 1. The molecule has 2 aliphatic rings. The van der Waals surface area contributed by atoms with E-state index in [0.717, 1.165) is 29.1 Å². The van der Waals surface area contributed by atoms with Gasteiger partial charge >= 0.3 is 5.24 Å². The molecule has 2 aromatic rings. The zero-order valence-corrected chi connectivity index (χ0v) is 14.3. The number of amidine groups is 1. The van der Waals surface area contributed by atoms with Crippen LogP contribution < -0.4 is 0 Å². The van der Waals surface area contributed by atoms with Crippen LogP contribution in [0, 0.1) is 0 Å². The average Bonchev–Trinajstić information content (AvgIpc) is 3.23. The minimum absolute atomic E-state index is 0.0303. The van der Waals surface area contributed by atoms with E-state index >= 15 is 0 Å². The van der Waals surface area contributed by atoms with Crippen LogP contribution in [-0.4, -0.2) is 27.5 Å². The molecule has 1 unspecified atom stereocenters. The Morgan fingerprint density at radius 3 is 2.50 bits per heavy atom. The molecule has 6 heteroatoms. The first-order chi connectivity index (χ1) is 11.7. The molecule has 0 spiro atoms. The van der Waals surface area contributed by atoms with Gasteiger partial charge in [-0.3, -0.25) is 4.79 Å². The van der Waals surface area contributed by atoms with Crippen LogP contribution in [0.5, 0.6) is 0 Å². The Bertz CT molecular complexity index is 833. The van der Waals surface area contributed by atoms with E-state index in [2.05, 4.69) is 17.1 Å². The Morgan fingerprint density at radius 1 is 1.08 bits per heavy atom. The van der Waals surface area contributed by atoms with Gasteiger partial charge in [0.2, 0.25) is 0 Å². The second-order valence-corrected chi connectivity index (χ2v) is 6.97. The first-order valence-electron chi connectivity index (χ1n) is 7.62. The molecule has 120 valence electrons. The third kappa shape index (κ3) is 2.97. The van der Waals surface area contributed by atoms with Crippen molar-refractivity contribution in [2.24, 2.45) is 10.1 Å². The molecule has 0 radical (unpaired) electrons. The molecule has 0 aliphatic carbocycles. The maximum absolute atomic E-state index is 11.5. The molecule has 24 heavy (non-hydrogen) atoms. The number of nitrogens with zero attached hydrogens (tertiary/aromatic N) is 3. The van der Waals surface area contributed by atoms with E-state index in [1.807, 2.05) is 47.5 Å². The summed E-state index contributed by atoms with van der Waals surface area (Å²) in [6.45, 7) is 0. The molecule has 0 aromatic heterocycles. The number of benzene rings is 2.